The summed E-state index contributed by atoms with van der Waals surface area (Å²) in [6.45, 7) is 3.79. The van der Waals surface area contributed by atoms with E-state index in [1.807, 2.05) is 38.0 Å². The number of rotatable bonds is 5. The molecule has 0 aliphatic carbocycles. The normalized spacial score (nSPS) is 10.1. The van der Waals surface area contributed by atoms with Crippen molar-refractivity contribution in [1.82, 2.24) is 0 Å². The van der Waals surface area contributed by atoms with Gasteiger partial charge >= 0.3 is 5.97 Å². The first-order valence-corrected chi connectivity index (χ1v) is 8.30. The van der Waals surface area contributed by atoms with E-state index in [0.29, 0.717) is 5.69 Å². The number of carbonyl (C=O) groups is 1. The summed E-state index contributed by atoms with van der Waals surface area (Å²) in [5.41, 5.74) is 3.16. The van der Waals surface area contributed by atoms with E-state index in [-0.39, 0.29) is 16.6 Å². The summed E-state index contributed by atoms with van der Waals surface area (Å²) in [6.07, 6.45) is -0.247. The number of para-hydroxylation sites is 1. The Morgan fingerprint density at radius 3 is 2.40 bits per heavy atom. The summed E-state index contributed by atoms with van der Waals surface area (Å²) in [4.78, 5) is 25.0. The number of halogens is 2. The molecule has 0 heterocycles. The number of aryl methyl sites for hydroxylation is 2. The third-order valence-electron chi connectivity index (χ3n) is 3.75. The Hall–Kier alpha value is -2.43. The van der Waals surface area contributed by atoms with Crippen molar-refractivity contribution in [3.05, 3.63) is 63.5 Å². The maximum Gasteiger partial charge on any atom is 0.312 e. The van der Waals surface area contributed by atoms with Gasteiger partial charge in [0, 0.05) is 5.69 Å². The van der Waals surface area contributed by atoms with Crippen LogP contribution in [0.15, 0.2) is 46.6 Å². The number of carbonyl (C=O) groups excluding carboxylic acids is 2. The molecule has 0 saturated carbocycles. The lowest BCUT2D eigenvalue weighted by Gasteiger charge is -2.28. The van der Waals surface area contributed by atoms with Crippen LogP contribution in [0.2, 0.25) is 0 Å². The number of hydrogen-bond acceptors (Lipinski definition) is 4. The molecule has 2 aromatic rings. The fraction of sp³-hybridized carbons (Fsp3) is 0.211. The second-order valence-electron chi connectivity index (χ2n) is 5.48. The van der Waals surface area contributed by atoms with Crippen LogP contribution in [0.4, 0.5) is 15.8 Å². The van der Waals surface area contributed by atoms with Crippen molar-refractivity contribution in [3.8, 4) is 0 Å². The molecule has 4 nitrogen and oxygen atoms in total. The minimum absolute atomic E-state index is 0.0859. The predicted octanol–water partition coefficient (Wildman–Crippen LogP) is 4.62. The van der Waals surface area contributed by atoms with E-state index in [1.165, 1.54) is 13.2 Å². The van der Waals surface area contributed by atoms with Crippen molar-refractivity contribution in [2.24, 2.45) is 0 Å². The molecule has 0 spiro atoms. The average molecular weight is 406 g/mol. The molecule has 2 aromatic carbocycles. The zero-order chi connectivity index (χ0) is 18.6. The fourth-order valence-electron chi connectivity index (χ4n) is 2.57. The van der Waals surface area contributed by atoms with Gasteiger partial charge in [0.1, 0.15) is 17.5 Å². The van der Waals surface area contributed by atoms with Gasteiger partial charge in [-0.3, -0.25) is 4.79 Å². The summed E-state index contributed by atoms with van der Waals surface area (Å²) < 4.78 is 18.6. The Kier molecular flexibility index (Phi) is 6.12. The molecule has 130 valence electrons. The summed E-state index contributed by atoms with van der Waals surface area (Å²) in [5, 5.41) is 0. The molecular formula is C19H17BrFNO3. The second kappa shape index (κ2) is 8.10. The number of anilines is 2. The molecule has 0 radical (unpaired) electrons. The summed E-state index contributed by atoms with van der Waals surface area (Å²) in [6, 6.07) is 10.1. The first kappa shape index (κ1) is 18.9. The minimum Gasteiger partial charge on any atom is -0.469 e. The summed E-state index contributed by atoms with van der Waals surface area (Å²) >= 11 is 3.16. The number of esters is 1. The van der Waals surface area contributed by atoms with E-state index in [9.17, 15) is 14.0 Å². The second-order valence-corrected chi connectivity index (χ2v) is 6.33. The molecule has 0 aromatic heterocycles. The SMILES string of the molecule is COC(=O)CC(=C=O)N(c1ccc(F)c(Br)c1)c1c(C)cccc1C. The number of nitrogens with zero attached hydrogens (tertiary/aromatic N) is 1. The Morgan fingerprint density at radius 2 is 1.88 bits per heavy atom. The molecule has 0 aliphatic heterocycles. The van der Waals surface area contributed by atoms with E-state index >= 15 is 0 Å². The smallest absolute Gasteiger partial charge is 0.312 e. The maximum absolute atomic E-state index is 13.6. The first-order valence-electron chi connectivity index (χ1n) is 7.51. The molecule has 0 aliphatic rings. The van der Waals surface area contributed by atoms with Crippen molar-refractivity contribution < 1.29 is 18.7 Å². The maximum atomic E-state index is 13.6. The van der Waals surface area contributed by atoms with Gasteiger partial charge in [-0.2, -0.15) is 0 Å². The third kappa shape index (κ3) is 4.16. The Morgan fingerprint density at radius 1 is 1.24 bits per heavy atom. The van der Waals surface area contributed by atoms with Crippen LogP contribution in [-0.4, -0.2) is 19.0 Å². The van der Waals surface area contributed by atoms with Crippen molar-refractivity contribution in [2.75, 3.05) is 12.0 Å². The lowest BCUT2D eigenvalue weighted by Crippen LogP contribution is -2.22. The zero-order valence-corrected chi connectivity index (χ0v) is 15.7. The van der Waals surface area contributed by atoms with Gasteiger partial charge in [-0.05, 0) is 59.1 Å². The highest BCUT2D eigenvalue weighted by molar-refractivity contribution is 9.10. The van der Waals surface area contributed by atoms with Crippen molar-refractivity contribution in [3.63, 3.8) is 0 Å². The summed E-state index contributed by atoms with van der Waals surface area (Å²) in [5.74, 6) is 0.855. The quantitative estimate of drug-likeness (QED) is 0.537. The Balaban J connectivity index is 2.68. The van der Waals surface area contributed by atoms with Gasteiger partial charge in [0.2, 0.25) is 0 Å². The van der Waals surface area contributed by atoms with E-state index in [4.69, 9.17) is 0 Å². The molecule has 0 N–H and O–H groups in total. The largest absolute Gasteiger partial charge is 0.469 e. The van der Waals surface area contributed by atoms with Crippen LogP contribution in [-0.2, 0) is 14.3 Å². The zero-order valence-electron chi connectivity index (χ0n) is 14.1. The van der Waals surface area contributed by atoms with Crippen molar-refractivity contribution in [1.29, 1.82) is 0 Å². The third-order valence-corrected chi connectivity index (χ3v) is 4.36. The number of benzene rings is 2. The lowest BCUT2D eigenvalue weighted by molar-refractivity contribution is -0.139. The molecule has 0 saturated heterocycles. The highest BCUT2D eigenvalue weighted by Crippen LogP contribution is 2.36. The van der Waals surface area contributed by atoms with Gasteiger partial charge in [0.15, 0.2) is 0 Å². The molecule has 0 unspecified atom stereocenters. The molecule has 0 fully saturated rings. The Bertz CT molecular complexity index is 839. The van der Waals surface area contributed by atoms with Crippen LogP contribution < -0.4 is 4.90 Å². The molecule has 0 amide bonds. The highest BCUT2D eigenvalue weighted by Gasteiger charge is 2.22. The van der Waals surface area contributed by atoms with Crippen LogP contribution in [0.1, 0.15) is 17.5 Å². The average Bonchev–Trinajstić information content (AvgIpc) is 2.59. The summed E-state index contributed by atoms with van der Waals surface area (Å²) in [7, 11) is 1.25. The van der Waals surface area contributed by atoms with Crippen LogP contribution in [0.25, 0.3) is 0 Å². The molecule has 2 rings (SSSR count). The molecule has 25 heavy (non-hydrogen) atoms. The van der Waals surface area contributed by atoms with Gasteiger partial charge < -0.3 is 9.64 Å². The number of methoxy groups -OCH3 is 1. The van der Waals surface area contributed by atoms with Crippen LogP contribution in [0.3, 0.4) is 0 Å². The lowest BCUT2D eigenvalue weighted by atomic mass is 10.1. The molecule has 0 bridgehead atoms. The van der Waals surface area contributed by atoms with Gasteiger partial charge in [-0.1, -0.05) is 18.2 Å². The fourth-order valence-corrected chi connectivity index (χ4v) is 2.94. The van der Waals surface area contributed by atoms with Crippen molar-refractivity contribution in [2.45, 2.75) is 20.3 Å². The van der Waals surface area contributed by atoms with Gasteiger partial charge in [0.05, 0.1) is 23.7 Å². The molecule has 0 atom stereocenters. The van der Waals surface area contributed by atoms with E-state index in [2.05, 4.69) is 20.7 Å². The van der Waals surface area contributed by atoms with E-state index < -0.39 is 11.8 Å². The predicted molar refractivity (Wildman–Crippen MR) is 98.0 cm³/mol. The van der Waals surface area contributed by atoms with Gasteiger partial charge in [-0.25, -0.2) is 9.18 Å². The van der Waals surface area contributed by atoms with E-state index in [1.54, 1.807) is 17.0 Å². The highest BCUT2D eigenvalue weighted by atomic mass is 79.9. The standard InChI is InChI=1S/C19H17BrFNO3/c1-12-5-4-6-13(2)19(12)22(15(11-23)10-18(24)25-3)14-7-8-17(21)16(20)9-14/h4-9H,10H2,1-3H3. The van der Waals surface area contributed by atoms with Crippen molar-refractivity contribution >= 4 is 39.2 Å². The van der Waals surface area contributed by atoms with Crippen LogP contribution in [0.5, 0.6) is 0 Å². The molecule has 6 heteroatoms. The monoisotopic (exact) mass is 405 g/mol. The first-order chi connectivity index (χ1) is 11.9. The van der Waals surface area contributed by atoms with Gasteiger partial charge in [-0.15, -0.1) is 0 Å². The topological polar surface area (TPSA) is 46.6 Å². The number of ether oxygens (including phenoxy) is 1. The molecular weight excluding hydrogens is 389 g/mol. The van der Waals surface area contributed by atoms with Crippen LogP contribution in [0, 0.1) is 19.7 Å². The van der Waals surface area contributed by atoms with Gasteiger partial charge in [0.25, 0.3) is 0 Å². The van der Waals surface area contributed by atoms with Crippen LogP contribution >= 0.6 is 15.9 Å². The number of hydrogen-bond donors (Lipinski definition) is 0. The Labute approximate surface area is 154 Å². The van der Waals surface area contributed by atoms with E-state index in [0.717, 1.165) is 16.8 Å². The minimum atomic E-state index is -0.559.